The Kier molecular flexibility index (Phi) is 3.23. The van der Waals surface area contributed by atoms with Gasteiger partial charge in [-0.1, -0.05) is 19.4 Å². The zero-order valence-corrected chi connectivity index (χ0v) is 12.2. The summed E-state index contributed by atoms with van der Waals surface area (Å²) in [7, 11) is 0. The predicted octanol–water partition coefficient (Wildman–Crippen LogP) is 4.26. The molecule has 19 heavy (non-hydrogen) atoms. The number of aliphatic carboxylic acids is 1. The molecule has 0 aromatic rings. The van der Waals surface area contributed by atoms with Crippen LogP contribution in [0.5, 0.6) is 0 Å². The molecule has 0 heterocycles. The van der Waals surface area contributed by atoms with Crippen LogP contribution in [-0.4, -0.2) is 11.1 Å². The second kappa shape index (κ2) is 4.64. The minimum Gasteiger partial charge on any atom is -0.478 e. The Morgan fingerprint density at radius 1 is 1.26 bits per heavy atom. The van der Waals surface area contributed by atoms with E-state index in [4.69, 9.17) is 0 Å². The lowest BCUT2D eigenvalue weighted by atomic mass is 9.44. The third-order valence-corrected chi connectivity index (χ3v) is 6.02. The molecule has 0 saturated heterocycles. The molecule has 4 fully saturated rings. The molecule has 4 aliphatic carbocycles. The third kappa shape index (κ3) is 2.13. The minimum atomic E-state index is -0.731. The molecular formula is C17H26O2. The summed E-state index contributed by atoms with van der Waals surface area (Å²) in [5.41, 5.74) is 0.802. The van der Waals surface area contributed by atoms with Gasteiger partial charge in [0, 0.05) is 5.57 Å². The summed E-state index contributed by atoms with van der Waals surface area (Å²) in [4.78, 5) is 11.2. The van der Waals surface area contributed by atoms with Crippen molar-refractivity contribution >= 4 is 5.97 Å². The van der Waals surface area contributed by atoms with Crippen molar-refractivity contribution in [3.05, 3.63) is 11.6 Å². The van der Waals surface area contributed by atoms with Crippen molar-refractivity contribution in [2.45, 2.75) is 58.8 Å². The maximum atomic E-state index is 11.2. The molecule has 4 bridgehead atoms. The van der Waals surface area contributed by atoms with E-state index in [9.17, 15) is 9.90 Å². The van der Waals surface area contributed by atoms with E-state index < -0.39 is 5.97 Å². The van der Waals surface area contributed by atoms with Crippen LogP contribution in [0.4, 0.5) is 0 Å². The van der Waals surface area contributed by atoms with E-state index in [0.717, 1.165) is 23.7 Å². The highest BCUT2D eigenvalue weighted by Crippen LogP contribution is 2.64. The summed E-state index contributed by atoms with van der Waals surface area (Å²) in [6.45, 7) is 4.05. The molecule has 4 aliphatic rings. The van der Waals surface area contributed by atoms with Crippen LogP contribution in [0.25, 0.3) is 0 Å². The van der Waals surface area contributed by atoms with E-state index in [-0.39, 0.29) is 5.41 Å². The first kappa shape index (κ1) is 13.2. The van der Waals surface area contributed by atoms with E-state index in [1.807, 2.05) is 0 Å². The fourth-order valence-electron chi connectivity index (χ4n) is 5.76. The second-order valence-corrected chi connectivity index (χ2v) is 7.37. The van der Waals surface area contributed by atoms with Crippen molar-refractivity contribution in [1.29, 1.82) is 0 Å². The van der Waals surface area contributed by atoms with Gasteiger partial charge in [-0.2, -0.15) is 0 Å². The van der Waals surface area contributed by atoms with Crippen molar-refractivity contribution in [1.82, 2.24) is 0 Å². The summed E-state index contributed by atoms with van der Waals surface area (Å²) in [5, 5.41) is 9.23. The molecule has 0 amide bonds. The molecule has 0 aliphatic heterocycles. The number of rotatable bonds is 4. The number of carbonyl (C=O) groups is 1. The Balaban J connectivity index is 1.95. The quantitative estimate of drug-likeness (QED) is 0.769. The minimum absolute atomic E-state index is 0.229. The van der Waals surface area contributed by atoms with Crippen LogP contribution < -0.4 is 0 Å². The maximum Gasteiger partial charge on any atom is 0.330 e. The van der Waals surface area contributed by atoms with Gasteiger partial charge in [-0.05, 0) is 74.5 Å². The molecule has 0 aromatic heterocycles. The second-order valence-electron chi connectivity index (χ2n) is 7.37. The monoisotopic (exact) mass is 262 g/mol. The molecule has 4 saturated carbocycles. The molecule has 2 heteroatoms. The lowest BCUT2D eigenvalue weighted by Gasteiger charge is -2.61. The van der Waals surface area contributed by atoms with Crippen LogP contribution >= 0.6 is 0 Å². The van der Waals surface area contributed by atoms with Crippen molar-refractivity contribution in [3.8, 4) is 0 Å². The number of hydrogen-bond acceptors (Lipinski definition) is 1. The van der Waals surface area contributed by atoms with E-state index in [0.29, 0.717) is 5.57 Å². The fourth-order valence-corrected chi connectivity index (χ4v) is 5.76. The largest absolute Gasteiger partial charge is 0.478 e. The van der Waals surface area contributed by atoms with E-state index >= 15 is 0 Å². The molecule has 106 valence electrons. The van der Waals surface area contributed by atoms with Crippen molar-refractivity contribution in [2.75, 3.05) is 0 Å². The standard InChI is InChI=1S/C17H26O2/c1-3-4-15-14-6-12-5-13(7-14)10-17(15,9-12)8-11(2)16(18)19/h8,12-15H,3-7,9-10H2,1-2H3,(H,18,19). The van der Waals surface area contributed by atoms with E-state index in [2.05, 4.69) is 13.0 Å². The normalized spacial score (nSPS) is 44.6. The average Bonchev–Trinajstić information content (AvgIpc) is 2.32. The summed E-state index contributed by atoms with van der Waals surface area (Å²) in [6, 6.07) is 0. The molecule has 3 atom stereocenters. The Hall–Kier alpha value is -0.790. The zero-order chi connectivity index (χ0) is 13.6. The molecule has 0 radical (unpaired) electrons. The highest BCUT2D eigenvalue weighted by atomic mass is 16.4. The van der Waals surface area contributed by atoms with Crippen LogP contribution in [0.1, 0.15) is 58.8 Å². The first-order chi connectivity index (χ1) is 9.04. The Morgan fingerprint density at radius 3 is 2.42 bits per heavy atom. The SMILES string of the molecule is CCCC1C2CC3CC(C2)CC1(C=C(C)C(=O)O)C3. The van der Waals surface area contributed by atoms with Gasteiger partial charge in [-0.15, -0.1) is 0 Å². The molecule has 4 rings (SSSR count). The Bertz CT molecular complexity index is 395. The number of carboxylic acids is 1. The summed E-state index contributed by atoms with van der Waals surface area (Å²) in [5.74, 6) is 2.65. The molecule has 3 unspecified atom stereocenters. The summed E-state index contributed by atoms with van der Waals surface area (Å²) in [6.07, 6.45) is 11.5. The van der Waals surface area contributed by atoms with Gasteiger partial charge >= 0.3 is 5.97 Å². The highest BCUT2D eigenvalue weighted by Gasteiger charge is 2.55. The zero-order valence-electron chi connectivity index (χ0n) is 12.2. The van der Waals surface area contributed by atoms with Gasteiger partial charge < -0.3 is 5.11 Å². The van der Waals surface area contributed by atoms with Crippen LogP contribution in [0.2, 0.25) is 0 Å². The Morgan fingerprint density at radius 2 is 1.89 bits per heavy atom. The summed E-state index contributed by atoms with van der Waals surface area (Å²) >= 11 is 0. The van der Waals surface area contributed by atoms with Gasteiger partial charge in [-0.25, -0.2) is 4.79 Å². The van der Waals surface area contributed by atoms with Crippen molar-refractivity contribution in [3.63, 3.8) is 0 Å². The van der Waals surface area contributed by atoms with E-state index in [1.165, 1.54) is 44.9 Å². The molecule has 0 spiro atoms. The maximum absolute atomic E-state index is 11.2. The lowest BCUT2D eigenvalue weighted by molar-refractivity contribution is -0.133. The van der Waals surface area contributed by atoms with Gasteiger partial charge in [0.25, 0.3) is 0 Å². The first-order valence-electron chi connectivity index (χ1n) is 7.97. The van der Waals surface area contributed by atoms with Gasteiger partial charge in [-0.3, -0.25) is 0 Å². The smallest absolute Gasteiger partial charge is 0.330 e. The third-order valence-electron chi connectivity index (χ3n) is 6.02. The average molecular weight is 262 g/mol. The lowest BCUT2D eigenvalue weighted by Crippen LogP contribution is -2.51. The van der Waals surface area contributed by atoms with Gasteiger partial charge in [0.2, 0.25) is 0 Å². The molecular weight excluding hydrogens is 236 g/mol. The number of allylic oxidation sites excluding steroid dienone is 1. The number of carboxylic acid groups (broad SMARTS) is 1. The first-order valence-corrected chi connectivity index (χ1v) is 7.97. The van der Waals surface area contributed by atoms with Crippen LogP contribution in [0, 0.1) is 29.1 Å². The van der Waals surface area contributed by atoms with Crippen LogP contribution in [-0.2, 0) is 4.79 Å². The van der Waals surface area contributed by atoms with Gasteiger partial charge in [0.05, 0.1) is 0 Å². The van der Waals surface area contributed by atoms with Gasteiger partial charge in [0.15, 0.2) is 0 Å². The van der Waals surface area contributed by atoms with Crippen molar-refractivity contribution in [2.24, 2.45) is 29.1 Å². The van der Waals surface area contributed by atoms with Crippen LogP contribution in [0.3, 0.4) is 0 Å². The number of hydrogen-bond donors (Lipinski definition) is 1. The fraction of sp³-hybridized carbons (Fsp3) is 0.824. The Labute approximate surface area is 116 Å². The van der Waals surface area contributed by atoms with Gasteiger partial charge in [0.1, 0.15) is 0 Å². The van der Waals surface area contributed by atoms with Crippen LogP contribution in [0.15, 0.2) is 11.6 Å². The predicted molar refractivity (Wildman–Crippen MR) is 75.8 cm³/mol. The summed E-state index contributed by atoms with van der Waals surface area (Å²) < 4.78 is 0. The molecule has 1 N–H and O–H groups in total. The highest BCUT2D eigenvalue weighted by molar-refractivity contribution is 5.85. The topological polar surface area (TPSA) is 37.3 Å². The van der Waals surface area contributed by atoms with E-state index in [1.54, 1.807) is 6.92 Å². The molecule has 2 nitrogen and oxygen atoms in total. The van der Waals surface area contributed by atoms with Crippen molar-refractivity contribution < 1.29 is 9.90 Å². The molecule has 0 aromatic carbocycles.